The number of rotatable bonds is 5. The first-order valence-electron chi connectivity index (χ1n) is 7.73. The topological polar surface area (TPSA) is 66.5 Å². The lowest BCUT2D eigenvalue weighted by Crippen LogP contribution is -2.36. The average Bonchev–Trinajstić information content (AvgIpc) is 2.56. The minimum Gasteiger partial charge on any atom is -0.324 e. The highest BCUT2D eigenvalue weighted by molar-refractivity contribution is 6.31. The van der Waals surface area contributed by atoms with Gasteiger partial charge < -0.3 is 10.2 Å². The molecule has 0 unspecified atom stereocenters. The van der Waals surface area contributed by atoms with E-state index in [1.165, 1.54) is 18.7 Å². The van der Waals surface area contributed by atoms with Gasteiger partial charge in [0.05, 0.1) is 0 Å². The molecule has 1 N–H and O–H groups in total. The van der Waals surface area contributed by atoms with E-state index in [4.69, 9.17) is 11.6 Å². The number of carbonyl (C=O) groups is 3. The fraction of sp³-hybridized carbons (Fsp3) is 0.211. The third kappa shape index (κ3) is 4.67. The first-order valence-corrected chi connectivity index (χ1v) is 8.11. The number of carbonyl (C=O) groups excluding carboxylic acids is 3. The highest BCUT2D eigenvalue weighted by Gasteiger charge is 2.17. The van der Waals surface area contributed by atoms with Crippen molar-refractivity contribution in [1.29, 1.82) is 0 Å². The summed E-state index contributed by atoms with van der Waals surface area (Å²) in [6.45, 7) is 4.46. The number of Topliss-reactive ketones (excluding diaryl/α,β-unsaturated/α-hetero) is 1. The molecule has 0 saturated heterocycles. The standard InChI is InChI=1S/C19H19ClN2O3/c1-12-17(20)8-5-9-18(12)21-19(25)11-22(14(3)24)16-7-4-6-15(10-16)13(2)23/h4-10H,11H2,1-3H3,(H,21,25). The van der Waals surface area contributed by atoms with E-state index in [9.17, 15) is 14.4 Å². The highest BCUT2D eigenvalue weighted by Crippen LogP contribution is 2.23. The van der Waals surface area contributed by atoms with Crippen molar-refractivity contribution < 1.29 is 14.4 Å². The van der Waals surface area contributed by atoms with Crippen LogP contribution in [0.3, 0.4) is 0 Å². The molecule has 0 heterocycles. The molecule has 2 rings (SSSR count). The normalized spacial score (nSPS) is 10.2. The third-order valence-corrected chi connectivity index (χ3v) is 4.20. The molecule has 0 saturated carbocycles. The monoisotopic (exact) mass is 358 g/mol. The summed E-state index contributed by atoms with van der Waals surface area (Å²) in [4.78, 5) is 37.2. The summed E-state index contributed by atoms with van der Waals surface area (Å²) in [7, 11) is 0. The summed E-state index contributed by atoms with van der Waals surface area (Å²) < 4.78 is 0. The quantitative estimate of drug-likeness (QED) is 0.826. The van der Waals surface area contributed by atoms with Crippen LogP contribution in [0.25, 0.3) is 0 Å². The number of hydrogen-bond donors (Lipinski definition) is 1. The number of halogens is 1. The Bertz CT molecular complexity index is 833. The smallest absolute Gasteiger partial charge is 0.244 e. The molecule has 0 aliphatic heterocycles. The third-order valence-electron chi connectivity index (χ3n) is 3.79. The maximum Gasteiger partial charge on any atom is 0.244 e. The zero-order valence-corrected chi connectivity index (χ0v) is 15.1. The van der Waals surface area contributed by atoms with Crippen LogP contribution >= 0.6 is 11.6 Å². The summed E-state index contributed by atoms with van der Waals surface area (Å²) in [6, 6.07) is 11.9. The fourth-order valence-corrected chi connectivity index (χ4v) is 2.53. The molecule has 2 aromatic rings. The molecule has 0 atom stereocenters. The molecule has 2 aromatic carbocycles. The molecule has 0 spiro atoms. The van der Waals surface area contributed by atoms with E-state index in [-0.39, 0.29) is 24.1 Å². The number of ketones is 1. The lowest BCUT2D eigenvalue weighted by molar-refractivity contribution is -0.120. The van der Waals surface area contributed by atoms with Gasteiger partial charge in [-0.25, -0.2) is 0 Å². The van der Waals surface area contributed by atoms with Crippen LogP contribution in [0.4, 0.5) is 11.4 Å². The molecule has 0 aromatic heterocycles. The lowest BCUT2D eigenvalue weighted by atomic mass is 10.1. The Balaban J connectivity index is 2.20. The number of nitrogens with one attached hydrogen (secondary N) is 1. The second-order valence-corrected chi connectivity index (χ2v) is 6.08. The first-order chi connectivity index (χ1) is 11.8. The Labute approximate surface area is 151 Å². The molecule has 0 aliphatic rings. The van der Waals surface area contributed by atoms with Gasteiger partial charge in [-0.15, -0.1) is 0 Å². The van der Waals surface area contributed by atoms with Crippen LogP contribution < -0.4 is 10.2 Å². The van der Waals surface area contributed by atoms with Gasteiger partial charge in [0.15, 0.2) is 5.78 Å². The minimum atomic E-state index is -0.353. The van der Waals surface area contributed by atoms with Gasteiger partial charge in [-0.3, -0.25) is 14.4 Å². The SMILES string of the molecule is CC(=O)c1cccc(N(CC(=O)Nc2cccc(Cl)c2C)C(C)=O)c1. The Morgan fingerprint density at radius 2 is 1.76 bits per heavy atom. The Morgan fingerprint density at radius 1 is 1.08 bits per heavy atom. The zero-order chi connectivity index (χ0) is 18.6. The second-order valence-electron chi connectivity index (χ2n) is 5.67. The van der Waals surface area contributed by atoms with E-state index in [1.807, 2.05) is 0 Å². The summed E-state index contributed by atoms with van der Waals surface area (Å²) in [6.07, 6.45) is 0. The van der Waals surface area contributed by atoms with E-state index in [0.717, 1.165) is 5.56 Å². The van der Waals surface area contributed by atoms with Crippen LogP contribution in [0.5, 0.6) is 0 Å². The van der Waals surface area contributed by atoms with Crippen molar-refractivity contribution in [3.8, 4) is 0 Å². The maximum atomic E-state index is 12.4. The number of amides is 2. The summed E-state index contributed by atoms with van der Waals surface area (Å²) in [5, 5.41) is 3.31. The Hall–Kier alpha value is -2.66. The molecule has 130 valence electrons. The molecule has 0 bridgehead atoms. The molecule has 2 amide bonds. The Kier molecular flexibility index (Phi) is 5.93. The number of nitrogens with zero attached hydrogens (tertiary/aromatic N) is 1. The maximum absolute atomic E-state index is 12.4. The highest BCUT2D eigenvalue weighted by atomic mass is 35.5. The number of anilines is 2. The lowest BCUT2D eigenvalue weighted by Gasteiger charge is -2.21. The van der Waals surface area contributed by atoms with Crippen LogP contribution in [-0.4, -0.2) is 24.1 Å². The molecule has 6 heteroatoms. The van der Waals surface area contributed by atoms with Crippen LogP contribution in [-0.2, 0) is 9.59 Å². The number of benzene rings is 2. The fourth-order valence-electron chi connectivity index (χ4n) is 2.35. The summed E-state index contributed by atoms with van der Waals surface area (Å²) in [5.74, 6) is -0.753. The molecular weight excluding hydrogens is 340 g/mol. The molecule has 5 nitrogen and oxygen atoms in total. The van der Waals surface area contributed by atoms with Gasteiger partial charge in [0, 0.05) is 28.9 Å². The van der Waals surface area contributed by atoms with Crippen molar-refractivity contribution in [2.75, 3.05) is 16.8 Å². The molecule has 0 radical (unpaired) electrons. The predicted molar refractivity (Wildman–Crippen MR) is 99.3 cm³/mol. The molecule has 0 fully saturated rings. The second kappa shape index (κ2) is 7.94. The van der Waals surface area contributed by atoms with E-state index in [0.29, 0.717) is 22.0 Å². The van der Waals surface area contributed by atoms with Crippen LogP contribution in [0.2, 0.25) is 5.02 Å². The first kappa shape index (κ1) is 18.7. The van der Waals surface area contributed by atoms with E-state index < -0.39 is 0 Å². The summed E-state index contributed by atoms with van der Waals surface area (Å²) in [5.41, 5.74) is 2.33. The zero-order valence-electron chi connectivity index (χ0n) is 14.3. The number of hydrogen-bond acceptors (Lipinski definition) is 3. The van der Waals surface area contributed by atoms with E-state index >= 15 is 0 Å². The average molecular weight is 359 g/mol. The van der Waals surface area contributed by atoms with Gasteiger partial charge >= 0.3 is 0 Å². The molecule has 0 aliphatic carbocycles. The van der Waals surface area contributed by atoms with Gasteiger partial charge in [0.2, 0.25) is 11.8 Å². The van der Waals surface area contributed by atoms with Crippen LogP contribution in [0.1, 0.15) is 29.8 Å². The molecular formula is C19H19ClN2O3. The van der Waals surface area contributed by atoms with Crippen LogP contribution in [0.15, 0.2) is 42.5 Å². The van der Waals surface area contributed by atoms with E-state index in [1.54, 1.807) is 49.4 Å². The van der Waals surface area contributed by atoms with Gasteiger partial charge in [-0.2, -0.15) is 0 Å². The van der Waals surface area contributed by atoms with Gasteiger partial charge in [0.1, 0.15) is 6.54 Å². The van der Waals surface area contributed by atoms with Crippen molar-refractivity contribution in [3.63, 3.8) is 0 Å². The predicted octanol–water partition coefficient (Wildman–Crippen LogP) is 3.84. The molecule has 25 heavy (non-hydrogen) atoms. The van der Waals surface area contributed by atoms with Crippen molar-refractivity contribution in [1.82, 2.24) is 0 Å². The van der Waals surface area contributed by atoms with Crippen molar-refractivity contribution in [2.45, 2.75) is 20.8 Å². The largest absolute Gasteiger partial charge is 0.324 e. The van der Waals surface area contributed by atoms with Crippen molar-refractivity contribution in [3.05, 3.63) is 58.6 Å². The minimum absolute atomic E-state index is 0.107. The van der Waals surface area contributed by atoms with Gasteiger partial charge in [0.25, 0.3) is 0 Å². The summed E-state index contributed by atoms with van der Waals surface area (Å²) >= 11 is 6.05. The van der Waals surface area contributed by atoms with Crippen LogP contribution in [0, 0.1) is 6.92 Å². The van der Waals surface area contributed by atoms with Crippen molar-refractivity contribution >= 4 is 40.6 Å². The van der Waals surface area contributed by atoms with Gasteiger partial charge in [-0.05, 0) is 43.7 Å². The van der Waals surface area contributed by atoms with Gasteiger partial charge in [-0.1, -0.05) is 29.8 Å². The Morgan fingerprint density at radius 3 is 2.40 bits per heavy atom. The van der Waals surface area contributed by atoms with E-state index in [2.05, 4.69) is 5.32 Å². The van der Waals surface area contributed by atoms with Crippen molar-refractivity contribution in [2.24, 2.45) is 0 Å².